The zero-order valence-electron chi connectivity index (χ0n) is 14.4. The first-order valence-electron chi connectivity index (χ1n) is 7.81. The van der Waals surface area contributed by atoms with Crippen molar-refractivity contribution >= 4 is 49.9 Å². The molecule has 1 N–H and O–H groups in total. The van der Waals surface area contributed by atoms with Crippen molar-refractivity contribution < 1.29 is 9.72 Å². The number of anilines is 1. The SMILES string of the molecule is CC(C)(C)c1ccc2nc(NC(=O)c3ccc([N+](=O)[O-])cc3Cl)sc2c1. The fraction of sp³-hybridized carbons (Fsp3) is 0.222. The Balaban J connectivity index is 1.86. The van der Waals surface area contributed by atoms with E-state index in [1.54, 1.807) is 0 Å². The number of hydrogen-bond donors (Lipinski definition) is 1. The Kier molecular flexibility index (Phi) is 4.68. The minimum atomic E-state index is -0.562. The molecule has 0 aliphatic heterocycles. The molecular formula is C18H16ClN3O3S. The van der Waals surface area contributed by atoms with Crippen LogP contribution in [0.25, 0.3) is 10.2 Å². The van der Waals surface area contributed by atoms with Crippen molar-refractivity contribution in [2.24, 2.45) is 0 Å². The number of nitrogens with zero attached hydrogens (tertiary/aromatic N) is 2. The van der Waals surface area contributed by atoms with Gasteiger partial charge in [0.15, 0.2) is 5.13 Å². The van der Waals surface area contributed by atoms with E-state index in [1.807, 2.05) is 12.1 Å². The van der Waals surface area contributed by atoms with Gasteiger partial charge in [0.1, 0.15) is 0 Å². The monoisotopic (exact) mass is 389 g/mol. The fourth-order valence-corrected chi connectivity index (χ4v) is 3.57. The molecule has 26 heavy (non-hydrogen) atoms. The highest BCUT2D eigenvalue weighted by atomic mass is 35.5. The second-order valence-electron chi connectivity index (χ2n) is 6.83. The minimum absolute atomic E-state index is 0.0211. The topological polar surface area (TPSA) is 85.1 Å². The Bertz CT molecular complexity index is 1020. The van der Waals surface area contributed by atoms with Crippen molar-refractivity contribution in [2.45, 2.75) is 26.2 Å². The summed E-state index contributed by atoms with van der Waals surface area (Å²) in [4.78, 5) is 27.0. The molecule has 0 aliphatic carbocycles. The van der Waals surface area contributed by atoms with Gasteiger partial charge in [0.25, 0.3) is 11.6 Å². The lowest BCUT2D eigenvalue weighted by Crippen LogP contribution is -2.12. The average Bonchev–Trinajstić information content (AvgIpc) is 2.94. The molecule has 1 heterocycles. The van der Waals surface area contributed by atoms with Crippen LogP contribution in [-0.2, 0) is 5.41 Å². The Morgan fingerprint density at radius 2 is 1.96 bits per heavy atom. The predicted octanol–water partition coefficient (Wildman–Crippen LogP) is 5.41. The highest BCUT2D eigenvalue weighted by Crippen LogP contribution is 2.32. The van der Waals surface area contributed by atoms with Gasteiger partial charge in [-0.05, 0) is 29.2 Å². The number of halogens is 1. The van der Waals surface area contributed by atoms with Crippen molar-refractivity contribution in [2.75, 3.05) is 5.32 Å². The van der Waals surface area contributed by atoms with E-state index in [-0.39, 0.29) is 21.7 Å². The van der Waals surface area contributed by atoms with Crippen molar-refractivity contribution in [3.8, 4) is 0 Å². The lowest BCUT2D eigenvalue weighted by Gasteiger charge is -2.18. The summed E-state index contributed by atoms with van der Waals surface area (Å²) in [5.74, 6) is -0.458. The van der Waals surface area contributed by atoms with Gasteiger partial charge in [0.05, 0.1) is 25.7 Å². The lowest BCUT2D eigenvalue weighted by molar-refractivity contribution is -0.384. The first-order chi connectivity index (χ1) is 12.1. The Morgan fingerprint density at radius 1 is 1.23 bits per heavy atom. The molecule has 0 radical (unpaired) electrons. The van der Waals surface area contributed by atoms with Crippen LogP contribution in [0.3, 0.4) is 0 Å². The molecule has 3 aromatic rings. The summed E-state index contributed by atoms with van der Waals surface area (Å²) < 4.78 is 0.975. The summed E-state index contributed by atoms with van der Waals surface area (Å²) in [5.41, 5.74) is 2.00. The van der Waals surface area contributed by atoms with E-state index in [0.29, 0.717) is 5.13 Å². The molecule has 0 saturated heterocycles. The van der Waals surface area contributed by atoms with E-state index in [0.717, 1.165) is 16.3 Å². The number of carbonyl (C=O) groups is 1. The summed E-state index contributed by atoms with van der Waals surface area (Å²) in [5, 5.41) is 13.9. The second kappa shape index (κ2) is 6.66. The number of non-ortho nitro benzene ring substituents is 1. The summed E-state index contributed by atoms with van der Waals surface area (Å²) >= 11 is 7.37. The third kappa shape index (κ3) is 3.68. The molecule has 0 spiro atoms. The molecule has 0 aliphatic rings. The van der Waals surface area contributed by atoms with Gasteiger partial charge in [-0.15, -0.1) is 0 Å². The van der Waals surface area contributed by atoms with E-state index >= 15 is 0 Å². The van der Waals surface area contributed by atoms with E-state index in [2.05, 4.69) is 37.1 Å². The number of nitro groups is 1. The molecule has 0 saturated carbocycles. The number of amides is 1. The van der Waals surface area contributed by atoms with Gasteiger partial charge in [0, 0.05) is 12.1 Å². The Hall–Kier alpha value is -2.51. The molecule has 0 atom stereocenters. The Labute approximate surface area is 159 Å². The number of carbonyl (C=O) groups excluding carboxylic acids is 1. The third-order valence-corrected chi connectivity index (χ3v) is 5.13. The number of thiazole rings is 1. The summed E-state index contributed by atoms with van der Waals surface area (Å²) in [6.45, 7) is 6.40. The summed E-state index contributed by atoms with van der Waals surface area (Å²) in [6, 6.07) is 9.77. The molecule has 1 aromatic heterocycles. The molecule has 0 unspecified atom stereocenters. The van der Waals surface area contributed by atoms with E-state index in [9.17, 15) is 14.9 Å². The van der Waals surface area contributed by atoms with Crippen LogP contribution >= 0.6 is 22.9 Å². The van der Waals surface area contributed by atoms with E-state index in [1.165, 1.54) is 29.0 Å². The Morgan fingerprint density at radius 3 is 2.58 bits per heavy atom. The first kappa shape index (κ1) is 18.3. The van der Waals surface area contributed by atoms with Crippen LogP contribution in [0.2, 0.25) is 5.02 Å². The molecule has 1 amide bonds. The highest BCUT2D eigenvalue weighted by Gasteiger charge is 2.18. The zero-order valence-corrected chi connectivity index (χ0v) is 15.9. The largest absolute Gasteiger partial charge is 0.298 e. The molecule has 8 heteroatoms. The standard InChI is InChI=1S/C18H16ClN3O3S/c1-18(2,3)10-4-7-14-15(8-10)26-17(20-14)21-16(23)12-6-5-11(22(24)25)9-13(12)19/h4-9H,1-3H3,(H,20,21,23). The van der Waals surface area contributed by atoms with Gasteiger partial charge in [-0.3, -0.25) is 20.2 Å². The minimum Gasteiger partial charge on any atom is -0.298 e. The summed E-state index contributed by atoms with van der Waals surface area (Å²) in [7, 11) is 0. The predicted molar refractivity (Wildman–Crippen MR) is 104 cm³/mol. The molecular weight excluding hydrogens is 374 g/mol. The van der Waals surface area contributed by atoms with Crippen molar-refractivity contribution in [3.05, 3.63) is 62.7 Å². The van der Waals surface area contributed by atoms with Gasteiger partial charge >= 0.3 is 0 Å². The number of rotatable bonds is 3. The number of fused-ring (bicyclic) bond motifs is 1. The van der Waals surface area contributed by atoms with Crippen LogP contribution in [0.1, 0.15) is 36.7 Å². The molecule has 2 aromatic carbocycles. The van der Waals surface area contributed by atoms with E-state index in [4.69, 9.17) is 11.6 Å². The molecule has 6 nitrogen and oxygen atoms in total. The van der Waals surface area contributed by atoms with Crippen molar-refractivity contribution in [1.82, 2.24) is 4.98 Å². The van der Waals surface area contributed by atoms with Gasteiger partial charge in [-0.2, -0.15) is 0 Å². The van der Waals surface area contributed by atoms with Crippen LogP contribution in [0.4, 0.5) is 10.8 Å². The molecule has 0 bridgehead atoms. The highest BCUT2D eigenvalue weighted by molar-refractivity contribution is 7.22. The van der Waals surface area contributed by atoms with Crippen molar-refractivity contribution in [1.29, 1.82) is 0 Å². The fourth-order valence-electron chi connectivity index (χ4n) is 2.41. The second-order valence-corrected chi connectivity index (χ2v) is 8.26. The maximum absolute atomic E-state index is 12.4. The molecule has 3 rings (SSSR count). The first-order valence-corrected chi connectivity index (χ1v) is 9.01. The van der Waals surface area contributed by atoms with Crippen LogP contribution < -0.4 is 5.32 Å². The third-order valence-electron chi connectivity index (χ3n) is 3.88. The molecule has 134 valence electrons. The average molecular weight is 390 g/mol. The maximum atomic E-state index is 12.4. The van der Waals surface area contributed by atoms with Gasteiger partial charge in [-0.1, -0.05) is 49.8 Å². The van der Waals surface area contributed by atoms with Gasteiger partial charge in [0.2, 0.25) is 0 Å². The quantitative estimate of drug-likeness (QED) is 0.479. The maximum Gasteiger partial charge on any atom is 0.270 e. The number of nitrogens with one attached hydrogen (secondary N) is 1. The number of aromatic nitrogens is 1. The number of nitro benzene ring substituents is 1. The summed E-state index contributed by atoms with van der Waals surface area (Å²) in [6.07, 6.45) is 0. The van der Waals surface area contributed by atoms with Gasteiger partial charge in [-0.25, -0.2) is 4.98 Å². The van der Waals surface area contributed by atoms with Crippen LogP contribution in [0, 0.1) is 10.1 Å². The normalized spacial score (nSPS) is 11.5. The zero-order chi connectivity index (χ0) is 19.1. The number of benzene rings is 2. The van der Waals surface area contributed by atoms with Crippen LogP contribution in [0.15, 0.2) is 36.4 Å². The van der Waals surface area contributed by atoms with Gasteiger partial charge < -0.3 is 0 Å². The van der Waals surface area contributed by atoms with Crippen molar-refractivity contribution in [3.63, 3.8) is 0 Å². The van der Waals surface area contributed by atoms with Crippen LogP contribution in [-0.4, -0.2) is 15.8 Å². The lowest BCUT2D eigenvalue weighted by atomic mass is 9.87. The molecule has 0 fully saturated rings. The number of hydrogen-bond acceptors (Lipinski definition) is 5. The van der Waals surface area contributed by atoms with Crippen LogP contribution in [0.5, 0.6) is 0 Å². The van der Waals surface area contributed by atoms with E-state index < -0.39 is 10.8 Å². The smallest absolute Gasteiger partial charge is 0.270 e.